The van der Waals surface area contributed by atoms with E-state index in [1.165, 1.54) is 35.3 Å². The summed E-state index contributed by atoms with van der Waals surface area (Å²) in [5, 5.41) is 17.1. The molecular weight excluding hydrogens is 483 g/mol. The molecule has 4 rings (SSSR count). The summed E-state index contributed by atoms with van der Waals surface area (Å²) in [4.78, 5) is 25.9. The summed E-state index contributed by atoms with van der Waals surface area (Å²) < 4.78 is 15.1. The Bertz CT molecular complexity index is 1390. The molecule has 0 unspecified atom stereocenters. The van der Waals surface area contributed by atoms with Crippen LogP contribution in [0.25, 0.3) is 11.8 Å². The summed E-state index contributed by atoms with van der Waals surface area (Å²) in [5.74, 6) is -1.28. The first kappa shape index (κ1) is 24.7. The quantitative estimate of drug-likeness (QED) is 0.351. The van der Waals surface area contributed by atoms with Crippen molar-refractivity contribution in [2.75, 3.05) is 5.32 Å². The SMILES string of the molecule is Cc1cc(NC(=O)[C@H](Cc2ccccc2)NC(=O)/C=C/c2cc(Cl)ccc2-n2cnnn2)ccc1F. The average molecular weight is 505 g/mol. The van der Waals surface area contributed by atoms with E-state index in [2.05, 4.69) is 26.2 Å². The first-order valence-electron chi connectivity index (χ1n) is 11.0. The molecule has 0 aliphatic heterocycles. The number of carbonyl (C=O) groups is 2. The molecule has 0 bridgehead atoms. The van der Waals surface area contributed by atoms with Crippen LogP contribution in [0.15, 0.2) is 79.1 Å². The van der Waals surface area contributed by atoms with Crippen molar-refractivity contribution < 1.29 is 14.0 Å². The van der Waals surface area contributed by atoms with Crippen LogP contribution in [0.4, 0.5) is 10.1 Å². The van der Waals surface area contributed by atoms with Crippen molar-refractivity contribution in [3.8, 4) is 5.69 Å². The van der Waals surface area contributed by atoms with Crippen molar-refractivity contribution in [3.63, 3.8) is 0 Å². The Balaban J connectivity index is 1.53. The second kappa shape index (κ2) is 11.4. The van der Waals surface area contributed by atoms with Gasteiger partial charge in [0.25, 0.3) is 0 Å². The molecule has 0 aliphatic carbocycles. The third kappa shape index (κ3) is 6.39. The summed E-state index contributed by atoms with van der Waals surface area (Å²) >= 11 is 6.14. The summed E-state index contributed by atoms with van der Waals surface area (Å²) in [6.07, 6.45) is 4.57. The van der Waals surface area contributed by atoms with Crippen molar-refractivity contribution in [2.24, 2.45) is 0 Å². The molecule has 0 saturated carbocycles. The number of carbonyl (C=O) groups excluding carboxylic acids is 2. The van der Waals surface area contributed by atoms with Crippen molar-refractivity contribution in [1.82, 2.24) is 25.5 Å². The number of hydrogen-bond donors (Lipinski definition) is 2. The number of hydrogen-bond acceptors (Lipinski definition) is 5. The van der Waals surface area contributed by atoms with Crippen LogP contribution in [-0.2, 0) is 16.0 Å². The van der Waals surface area contributed by atoms with E-state index in [1.807, 2.05) is 30.3 Å². The fourth-order valence-electron chi connectivity index (χ4n) is 3.54. The van der Waals surface area contributed by atoms with Crippen LogP contribution in [0.3, 0.4) is 0 Å². The van der Waals surface area contributed by atoms with Crippen LogP contribution in [0.2, 0.25) is 5.02 Å². The number of aromatic nitrogens is 4. The van der Waals surface area contributed by atoms with Crippen LogP contribution in [0.5, 0.6) is 0 Å². The zero-order chi connectivity index (χ0) is 25.5. The molecule has 36 heavy (non-hydrogen) atoms. The molecule has 8 nitrogen and oxygen atoms in total. The van der Waals surface area contributed by atoms with Crippen LogP contribution < -0.4 is 10.6 Å². The highest BCUT2D eigenvalue weighted by molar-refractivity contribution is 6.30. The molecule has 0 aliphatic rings. The lowest BCUT2D eigenvalue weighted by Gasteiger charge is -2.18. The maximum atomic E-state index is 13.6. The normalized spacial score (nSPS) is 11.9. The fourth-order valence-corrected chi connectivity index (χ4v) is 3.72. The predicted octanol–water partition coefficient (Wildman–Crippen LogP) is 4.14. The maximum absolute atomic E-state index is 13.6. The number of halogens is 2. The summed E-state index contributed by atoms with van der Waals surface area (Å²) in [5.41, 5.74) is 2.94. The van der Waals surface area contributed by atoms with Gasteiger partial charge < -0.3 is 10.6 Å². The second-order valence-electron chi connectivity index (χ2n) is 7.99. The number of aryl methyl sites for hydroxylation is 1. The highest BCUT2D eigenvalue weighted by Gasteiger charge is 2.21. The van der Waals surface area contributed by atoms with Crippen LogP contribution in [0, 0.1) is 12.7 Å². The van der Waals surface area contributed by atoms with Crippen LogP contribution in [-0.4, -0.2) is 38.1 Å². The van der Waals surface area contributed by atoms with Gasteiger partial charge in [0.2, 0.25) is 11.8 Å². The molecule has 2 N–H and O–H groups in total. The Hall–Kier alpha value is -4.37. The zero-order valence-electron chi connectivity index (χ0n) is 19.2. The monoisotopic (exact) mass is 504 g/mol. The van der Waals surface area contributed by atoms with Crippen LogP contribution >= 0.6 is 11.6 Å². The molecule has 1 heterocycles. The third-order valence-corrected chi connectivity index (χ3v) is 5.58. The largest absolute Gasteiger partial charge is 0.340 e. The van der Waals surface area contributed by atoms with Gasteiger partial charge in [-0.3, -0.25) is 9.59 Å². The Morgan fingerprint density at radius 3 is 2.64 bits per heavy atom. The van der Waals surface area contributed by atoms with Gasteiger partial charge in [-0.2, -0.15) is 4.68 Å². The summed E-state index contributed by atoms with van der Waals surface area (Å²) in [7, 11) is 0. The van der Waals surface area contributed by atoms with Crippen LogP contribution in [0.1, 0.15) is 16.7 Å². The van der Waals surface area contributed by atoms with Gasteiger partial charge in [0.15, 0.2) is 0 Å². The standard InChI is InChI=1S/C26H22ClFN6O2/c1-17-13-21(9-10-22(17)28)30-26(36)23(14-18-5-3-2-4-6-18)31-25(35)12-7-19-15-20(27)8-11-24(19)34-16-29-32-33-34/h2-13,15-16,23H,14H2,1H3,(H,30,36)(H,31,35)/b12-7+/t23-/m0/s1. The number of benzene rings is 3. The Morgan fingerprint density at radius 1 is 1.11 bits per heavy atom. The molecule has 1 atom stereocenters. The van der Waals surface area contributed by atoms with Gasteiger partial charge in [-0.1, -0.05) is 41.9 Å². The molecular formula is C26H22ClFN6O2. The minimum absolute atomic E-state index is 0.263. The van der Waals surface area contributed by atoms with Crippen molar-refractivity contribution in [3.05, 3.63) is 107 Å². The Morgan fingerprint density at radius 2 is 1.92 bits per heavy atom. The van der Waals surface area contributed by atoms with Gasteiger partial charge in [-0.05, 0) is 71.0 Å². The number of rotatable bonds is 8. The van der Waals surface area contributed by atoms with Crippen molar-refractivity contribution in [2.45, 2.75) is 19.4 Å². The summed E-state index contributed by atoms with van der Waals surface area (Å²) in [6.45, 7) is 1.61. The second-order valence-corrected chi connectivity index (χ2v) is 8.43. The van der Waals surface area contributed by atoms with E-state index in [4.69, 9.17) is 11.6 Å². The molecule has 10 heteroatoms. The number of tetrazole rings is 1. The lowest BCUT2D eigenvalue weighted by Crippen LogP contribution is -2.44. The first-order chi connectivity index (χ1) is 17.4. The number of amides is 2. The molecule has 4 aromatic rings. The van der Waals surface area contributed by atoms with Gasteiger partial charge in [-0.25, -0.2) is 4.39 Å². The average Bonchev–Trinajstić information content (AvgIpc) is 3.40. The topological polar surface area (TPSA) is 102 Å². The van der Waals surface area contributed by atoms with Crippen molar-refractivity contribution >= 4 is 35.2 Å². The fraction of sp³-hybridized carbons (Fsp3) is 0.115. The Kier molecular flexibility index (Phi) is 7.82. The molecule has 1 aromatic heterocycles. The van der Waals surface area contributed by atoms with Gasteiger partial charge >= 0.3 is 0 Å². The van der Waals surface area contributed by atoms with E-state index in [0.29, 0.717) is 27.5 Å². The lowest BCUT2D eigenvalue weighted by molar-refractivity contribution is -0.123. The number of nitrogens with one attached hydrogen (secondary N) is 2. The minimum Gasteiger partial charge on any atom is -0.340 e. The smallest absolute Gasteiger partial charge is 0.247 e. The van der Waals surface area contributed by atoms with E-state index in [-0.39, 0.29) is 12.2 Å². The van der Waals surface area contributed by atoms with E-state index in [0.717, 1.165) is 5.56 Å². The van der Waals surface area contributed by atoms with Gasteiger partial charge in [0, 0.05) is 28.8 Å². The van der Waals surface area contributed by atoms with E-state index in [1.54, 1.807) is 31.2 Å². The first-order valence-corrected chi connectivity index (χ1v) is 11.4. The van der Waals surface area contributed by atoms with E-state index >= 15 is 0 Å². The highest BCUT2D eigenvalue weighted by atomic mass is 35.5. The number of nitrogens with zero attached hydrogens (tertiary/aromatic N) is 4. The van der Waals surface area contributed by atoms with Crippen molar-refractivity contribution in [1.29, 1.82) is 0 Å². The minimum atomic E-state index is -0.881. The predicted molar refractivity (Wildman–Crippen MR) is 135 cm³/mol. The molecule has 182 valence electrons. The maximum Gasteiger partial charge on any atom is 0.247 e. The molecule has 0 spiro atoms. The highest BCUT2D eigenvalue weighted by Crippen LogP contribution is 2.20. The molecule has 0 saturated heterocycles. The molecule has 0 fully saturated rings. The van der Waals surface area contributed by atoms with E-state index in [9.17, 15) is 14.0 Å². The Labute approximate surface area is 211 Å². The molecule has 3 aromatic carbocycles. The lowest BCUT2D eigenvalue weighted by atomic mass is 10.0. The van der Waals surface area contributed by atoms with E-state index < -0.39 is 17.9 Å². The zero-order valence-corrected chi connectivity index (χ0v) is 20.0. The van der Waals surface area contributed by atoms with Gasteiger partial charge in [-0.15, -0.1) is 5.10 Å². The van der Waals surface area contributed by atoms with Gasteiger partial charge in [0.1, 0.15) is 18.2 Å². The van der Waals surface area contributed by atoms with Gasteiger partial charge in [0.05, 0.1) is 5.69 Å². The number of anilines is 1. The molecule has 2 amide bonds. The molecule has 0 radical (unpaired) electrons. The summed E-state index contributed by atoms with van der Waals surface area (Å²) in [6, 6.07) is 17.8. The third-order valence-electron chi connectivity index (χ3n) is 5.34.